The molecule has 3 aromatic rings. The van der Waals surface area contributed by atoms with Crippen molar-refractivity contribution in [3.05, 3.63) is 52.7 Å². The van der Waals surface area contributed by atoms with Crippen LogP contribution in [0.4, 0.5) is 23.6 Å². The van der Waals surface area contributed by atoms with E-state index in [-0.39, 0.29) is 5.56 Å². The van der Waals surface area contributed by atoms with Gasteiger partial charge < -0.3 is 9.32 Å². The highest BCUT2D eigenvalue weighted by Crippen LogP contribution is 2.44. The van der Waals surface area contributed by atoms with Crippen LogP contribution < -0.4 is 4.90 Å². The number of benzene rings is 1. The lowest BCUT2D eigenvalue weighted by Crippen LogP contribution is -2.43. The third-order valence-electron chi connectivity index (χ3n) is 7.85. The molecule has 2 fully saturated rings. The molecule has 0 spiro atoms. The highest BCUT2D eigenvalue weighted by atomic mass is 19.4. The molecular formula is C24H26F4N6O. The number of aryl methyl sites for hydroxylation is 2. The molecular weight excluding hydrogens is 464 g/mol. The Morgan fingerprint density at radius 3 is 2.51 bits per heavy atom. The molecule has 35 heavy (non-hydrogen) atoms. The Morgan fingerprint density at radius 2 is 1.86 bits per heavy atom. The summed E-state index contributed by atoms with van der Waals surface area (Å²) in [6, 6.07) is 3.37. The van der Waals surface area contributed by atoms with Crippen molar-refractivity contribution >= 4 is 6.01 Å². The predicted molar refractivity (Wildman–Crippen MR) is 117 cm³/mol. The van der Waals surface area contributed by atoms with E-state index in [0.29, 0.717) is 54.5 Å². The molecule has 2 unspecified atom stereocenters. The lowest BCUT2D eigenvalue weighted by atomic mass is 9.82. The van der Waals surface area contributed by atoms with E-state index in [2.05, 4.69) is 15.1 Å². The summed E-state index contributed by atoms with van der Waals surface area (Å²) in [4.78, 5) is 6.98. The molecule has 1 saturated carbocycles. The Bertz CT molecular complexity index is 1220. The zero-order valence-corrected chi connectivity index (χ0v) is 19.3. The molecule has 0 amide bonds. The summed E-state index contributed by atoms with van der Waals surface area (Å²) in [6.07, 6.45) is -0.162. The predicted octanol–water partition coefficient (Wildman–Crippen LogP) is 4.76. The first kappa shape index (κ1) is 22.5. The highest BCUT2D eigenvalue weighted by Gasteiger charge is 2.44. The van der Waals surface area contributed by atoms with Gasteiger partial charge in [0.15, 0.2) is 5.82 Å². The van der Waals surface area contributed by atoms with Crippen molar-refractivity contribution in [3.8, 4) is 0 Å². The fraction of sp³-hybridized carbons (Fsp3) is 0.583. The van der Waals surface area contributed by atoms with Gasteiger partial charge in [-0.2, -0.15) is 18.3 Å². The summed E-state index contributed by atoms with van der Waals surface area (Å²) < 4.78 is 61.2. The molecule has 0 radical (unpaired) electrons. The van der Waals surface area contributed by atoms with E-state index >= 15 is 0 Å². The lowest BCUT2D eigenvalue weighted by molar-refractivity contribution is -0.137. The van der Waals surface area contributed by atoms with Crippen LogP contribution in [0.2, 0.25) is 0 Å². The number of hydrogen-bond donors (Lipinski definition) is 0. The number of halogens is 4. The fourth-order valence-electron chi connectivity index (χ4n) is 6.22. The second kappa shape index (κ2) is 8.30. The molecule has 4 atom stereocenters. The van der Waals surface area contributed by atoms with Gasteiger partial charge in [-0.3, -0.25) is 0 Å². The van der Waals surface area contributed by atoms with Gasteiger partial charge in [0.1, 0.15) is 11.6 Å². The molecule has 4 heterocycles. The highest BCUT2D eigenvalue weighted by molar-refractivity contribution is 5.33. The van der Waals surface area contributed by atoms with E-state index in [9.17, 15) is 17.6 Å². The van der Waals surface area contributed by atoms with E-state index in [1.807, 2.05) is 4.68 Å². The standard InChI is InChI=1S/C24H26F4N6O/c1-13-30-31-23(35-13)33-11-14-4-5-15(12-33)19(14)10-21-29-22-18(3-2-8-34(22)32-21)17-7-6-16(9-20(17)25)24(26,27)28/h6-7,9,14-15,18-19H,2-5,8,10-12H2,1H3/t14-,15+,18?,19?. The van der Waals surface area contributed by atoms with Crippen LogP contribution in [-0.2, 0) is 19.1 Å². The van der Waals surface area contributed by atoms with E-state index in [0.717, 1.165) is 50.7 Å². The quantitative estimate of drug-likeness (QED) is 0.491. The molecule has 1 saturated heterocycles. The van der Waals surface area contributed by atoms with Gasteiger partial charge in [-0.1, -0.05) is 11.2 Å². The number of nitrogens with zero attached hydrogens (tertiary/aromatic N) is 6. The minimum atomic E-state index is -4.57. The average Bonchev–Trinajstić information content (AvgIpc) is 3.48. The molecule has 1 aromatic carbocycles. The zero-order chi connectivity index (χ0) is 24.3. The summed E-state index contributed by atoms with van der Waals surface area (Å²) in [5.74, 6) is 2.10. The van der Waals surface area contributed by atoms with Crippen LogP contribution in [-0.4, -0.2) is 38.1 Å². The summed E-state index contributed by atoms with van der Waals surface area (Å²) in [7, 11) is 0. The number of fused-ring (bicyclic) bond motifs is 3. The van der Waals surface area contributed by atoms with E-state index in [4.69, 9.17) is 14.5 Å². The summed E-state index contributed by atoms with van der Waals surface area (Å²) in [5, 5.41) is 12.9. The van der Waals surface area contributed by atoms with Crippen LogP contribution in [0.5, 0.6) is 0 Å². The Morgan fingerprint density at radius 1 is 1.09 bits per heavy atom. The molecule has 1 aliphatic carbocycles. The first-order valence-corrected chi connectivity index (χ1v) is 12.1. The number of hydrogen-bond acceptors (Lipinski definition) is 6. The minimum Gasteiger partial charge on any atom is -0.408 e. The minimum absolute atomic E-state index is 0.251. The molecule has 2 aliphatic heterocycles. The van der Waals surface area contributed by atoms with Gasteiger partial charge in [-0.05, 0) is 61.1 Å². The zero-order valence-electron chi connectivity index (χ0n) is 19.3. The van der Waals surface area contributed by atoms with Gasteiger partial charge in [0, 0.05) is 38.9 Å². The SMILES string of the molecule is Cc1nnc(N2C[C@H]3CC[C@@H](C2)C3Cc2nc3n(n2)CCCC3c2ccc(C(F)(F)F)cc2F)o1. The Balaban J connectivity index is 1.21. The van der Waals surface area contributed by atoms with Crippen molar-refractivity contribution in [2.75, 3.05) is 18.0 Å². The van der Waals surface area contributed by atoms with Crippen molar-refractivity contribution in [2.24, 2.45) is 17.8 Å². The molecule has 7 nitrogen and oxygen atoms in total. The number of rotatable bonds is 4. The molecule has 3 aliphatic rings. The Hall–Kier alpha value is -2.98. The molecule has 6 rings (SSSR count). The molecule has 11 heteroatoms. The topological polar surface area (TPSA) is 72.9 Å². The van der Waals surface area contributed by atoms with Crippen molar-refractivity contribution in [2.45, 2.75) is 57.7 Å². The molecule has 0 N–H and O–H groups in total. The third kappa shape index (κ3) is 4.08. The summed E-state index contributed by atoms with van der Waals surface area (Å²) in [6.45, 7) is 4.18. The van der Waals surface area contributed by atoms with Crippen LogP contribution in [0.15, 0.2) is 22.6 Å². The average molecular weight is 491 g/mol. The van der Waals surface area contributed by atoms with Gasteiger partial charge in [-0.25, -0.2) is 14.1 Å². The normalized spacial score (nSPS) is 26.3. The van der Waals surface area contributed by atoms with Gasteiger partial charge in [0.25, 0.3) is 0 Å². The second-order valence-electron chi connectivity index (χ2n) is 10.0. The maximum absolute atomic E-state index is 14.7. The summed E-state index contributed by atoms with van der Waals surface area (Å²) >= 11 is 0. The van der Waals surface area contributed by atoms with Crippen molar-refractivity contribution < 1.29 is 22.0 Å². The second-order valence-corrected chi connectivity index (χ2v) is 10.0. The van der Waals surface area contributed by atoms with Crippen LogP contribution >= 0.6 is 0 Å². The van der Waals surface area contributed by atoms with Gasteiger partial charge in [-0.15, -0.1) is 5.10 Å². The third-order valence-corrected chi connectivity index (χ3v) is 7.85. The van der Waals surface area contributed by atoms with Crippen LogP contribution in [0.25, 0.3) is 0 Å². The van der Waals surface area contributed by atoms with Crippen molar-refractivity contribution in [1.82, 2.24) is 25.0 Å². The van der Waals surface area contributed by atoms with E-state index in [1.54, 1.807) is 6.92 Å². The summed E-state index contributed by atoms with van der Waals surface area (Å²) in [5.41, 5.74) is -0.727. The monoisotopic (exact) mass is 490 g/mol. The maximum atomic E-state index is 14.7. The van der Waals surface area contributed by atoms with Crippen LogP contribution in [0, 0.1) is 30.5 Å². The number of piperidine rings is 1. The molecule has 186 valence electrons. The van der Waals surface area contributed by atoms with Crippen molar-refractivity contribution in [1.29, 1.82) is 0 Å². The first-order valence-electron chi connectivity index (χ1n) is 12.1. The lowest BCUT2D eigenvalue weighted by Gasteiger charge is -2.36. The largest absolute Gasteiger partial charge is 0.416 e. The number of anilines is 1. The maximum Gasteiger partial charge on any atom is 0.416 e. The van der Waals surface area contributed by atoms with Gasteiger partial charge in [0.05, 0.1) is 5.56 Å². The van der Waals surface area contributed by atoms with Crippen LogP contribution in [0.1, 0.15) is 60.3 Å². The van der Waals surface area contributed by atoms with Gasteiger partial charge >= 0.3 is 12.2 Å². The van der Waals surface area contributed by atoms with Crippen molar-refractivity contribution in [3.63, 3.8) is 0 Å². The van der Waals surface area contributed by atoms with E-state index in [1.165, 1.54) is 6.07 Å². The van der Waals surface area contributed by atoms with Gasteiger partial charge in [0.2, 0.25) is 5.89 Å². The molecule has 2 bridgehead atoms. The number of aromatic nitrogens is 5. The number of alkyl halides is 3. The van der Waals surface area contributed by atoms with Crippen LogP contribution in [0.3, 0.4) is 0 Å². The first-order chi connectivity index (χ1) is 16.8. The smallest absolute Gasteiger partial charge is 0.408 e. The molecule has 2 aromatic heterocycles. The van der Waals surface area contributed by atoms with E-state index < -0.39 is 23.5 Å². The Kier molecular flexibility index (Phi) is 5.33. The fourth-order valence-corrected chi connectivity index (χ4v) is 6.22. The Labute approximate surface area is 199 Å².